The van der Waals surface area contributed by atoms with Gasteiger partial charge in [-0.25, -0.2) is 0 Å². The molecule has 8 N–H and O–H groups in total. The number of aliphatic imine (C=N–C) groups is 1. The molecule has 5 amide bonds. The molecule has 0 spiro atoms. The number of carboxylic acids is 1. The first-order chi connectivity index (χ1) is 19.5. The van der Waals surface area contributed by atoms with Gasteiger partial charge in [0.25, 0.3) is 5.91 Å². The van der Waals surface area contributed by atoms with Crippen molar-refractivity contribution in [2.24, 2.45) is 16.5 Å². The summed E-state index contributed by atoms with van der Waals surface area (Å²) in [4.78, 5) is 83.7. The van der Waals surface area contributed by atoms with Crippen LogP contribution in [0.5, 0.6) is 0 Å². The van der Waals surface area contributed by atoms with Crippen LogP contribution in [0.15, 0.2) is 29.3 Å². The van der Waals surface area contributed by atoms with Crippen LogP contribution < -0.4 is 27.4 Å². The summed E-state index contributed by atoms with van der Waals surface area (Å²) in [5, 5.41) is 16.6. The molecule has 1 aromatic rings. The van der Waals surface area contributed by atoms with Gasteiger partial charge < -0.3 is 42.3 Å². The summed E-state index contributed by atoms with van der Waals surface area (Å²) in [6, 6.07) is 3.28. The Labute approximate surface area is 236 Å². The zero-order valence-corrected chi connectivity index (χ0v) is 22.8. The van der Waals surface area contributed by atoms with Crippen molar-refractivity contribution < 1.29 is 33.9 Å². The number of carbonyl (C=O) groups is 6. The Hall–Kier alpha value is -4.69. The zero-order chi connectivity index (χ0) is 30.1. The summed E-state index contributed by atoms with van der Waals surface area (Å²) >= 11 is 0. The Kier molecular flexibility index (Phi) is 10.6. The van der Waals surface area contributed by atoms with Crippen LogP contribution in [0.4, 0.5) is 0 Å². The molecule has 222 valence electrons. The molecule has 0 radical (unpaired) electrons. The van der Waals surface area contributed by atoms with Gasteiger partial charge in [0, 0.05) is 32.2 Å². The first-order valence-corrected chi connectivity index (χ1v) is 13.3. The van der Waals surface area contributed by atoms with Crippen LogP contribution in [0.1, 0.15) is 48.0 Å². The first-order valence-electron chi connectivity index (χ1n) is 13.3. The van der Waals surface area contributed by atoms with Crippen molar-refractivity contribution in [1.82, 2.24) is 25.8 Å². The largest absolute Gasteiger partial charge is 0.481 e. The maximum atomic E-state index is 13.6. The molecule has 0 aliphatic carbocycles. The Bertz CT molecular complexity index is 1220. The third-order valence-corrected chi connectivity index (χ3v) is 6.94. The Morgan fingerprint density at radius 2 is 1.83 bits per heavy atom. The van der Waals surface area contributed by atoms with E-state index in [0.29, 0.717) is 36.9 Å². The van der Waals surface area contributed by atoms with E-state index in [1.54, 1.807) is 24.3 Å². The lowest BCUT2D eigenvalue weighted by Gasteiger charge is -2.32. The van der Waals surface area contributed by atoms with Crippen LogP contribution in [-0.4, -0.2) is 101 Å². The molecule has 2 heterocycles. The van der Waals surface area contributed by atoms with Gasteiger partial charge in [-0.2, -0.15) is 0 Å². The van der Waals surface area contributed by atoms with E-state index >= 15 is 0 Å². The lowest BCUT2D eigenvalue weighted by molar-refractivity contribution is -0.142. The summed E-state index contributed by atoms with van der Waals surface area (Å²) in [5.74, 6) is -4.41. The summed E-state index contributed by atoms with van der Waals surface area (Å²) in [5.41, 5.74) is 11.6. The molecule has 1 aromatic carbocycles. The highest BCUT2D eigenvalue weighted by Crippen LogP contribution is 2.23. The minimum absolute atomic E-state index is 0.0324. The number of benzene rings is 1. The van der Waals surface area contributed by atoms with Gasteiger partial charge in [-0.1, -0.05) is 12.1 Å². The van der Waals surface area contributed by atoms with Crippen LogP contribution in [-0.2, 0) is 30.5 Å². The molecule has 15 nitrogen and oxygen atoms in total. The van der Waals surface area contributed by atoms with Gasteiger partial charge in [0.1, 0.15) is 18.1 Å². The van der Waals surface area contributed by atoms with Crippen LogP contribution in [0, 0.1) is 0 Å². The number of aliphatic carboxylic acids is 1. The quantitative estimate of drug-likeness (QED) is 0.124. The maximum absolute atomic E-state index is 13.6. The van der Waals surface area contributed by atoms with E-state index < -0.39 is 60.7 Å². The summed E-state index contributed by atoms with van der Waals surface area (Å²) in [6.45, 7) is -0.0481. The topological polar surface area (TPSA) is 230 Å². The van der Waals surface area contributed by atoms with E-state index in [-0.39, 0.29) is 31.4 Å². The molecule has 1 fully saturated rings. The number of guanidine groups is 1. The van der Waals surface area contributed by atoms with Crippen molar-refractivity contribution in [3.63, 3.8) is 0 Å². The van der Waals surface area contributed by atoms with Crippen molar-refractivity contribution in [3.8, 4) is 0 Å². The number of amides is 5. The Balaban J connectivity index is 1.94. The molecular weight excluding hydrogens is 536 g/mol. The van der Waals surface area contributed by atoms with Gasteiger partial charge in [0.15, 0.2) is 5.96 Å². The number of carboxylic acid groups (broad SMARTS) is 1. The first kappa shape index (κ1) is 30.8. The third-order valence-electron chi connectivity index (χ3n) is 6.94. The predicted octanol–water partition coefficient (Wildman–Crippen LogP) is -2.12. The molecule has 41 heavy (non-hydrogen) atoms. The van der Waals surface area contributed by atoms with Crippen molar-refractivity contribution >= 4 is 41.5 Å². The normalized spacial score (nSPS) is 22.6. The SMILES string of the molecule is CN1C(=O)[C@@H]2CCCN2C(=O)c2cccc(c2)CNC(=O)[C@H](CC(=O)O)NC(=O)CNC(=O)[C@@H]1CCCN=C(N)N. The maximum Gasteiger partial charge on any atom is 0.305 e. The number of hydrogen-bond acceptors (Lipinski definition) is 7. The molecule has 2 aliphatic heterocycles. The van der Waals surface area contributed by atoms with Crippen molar-refractivity contribution in [1.29, 1.82) is 0 Å². The summed E-state index contributed by atoms with van der Waals surface area (Å²) in [7, 11) is 1.46. The number of hydrogen-bond donors (Lipinski definition) is 6. The van der Waals surface area contributed by atoms with Crippen LogP contribution in [0.2, 0.25) is 0 Å². The van der Waals surface area contributed by atoms with E-state index in [1.807, 2.05) is 0 Å². The highest BCUT2D eigenvalue weighted by molar-refractivity contribution is 5.99. The molecule has 2 bridgehead atoms. The molecule has 0 aromatic heterocycles. The number of nitrogens with zero attached hydrogens (tertiary/aromatic N) is 3. The Morgan fingerprint density at radius 1 is 1.10 bits per heavy atom. The number of nitrogens with two attached hydrogens (primary N) is 2. The lowest BCUT2D eigenvalue weighted by Crippen LogP contribution is -2.55. The van der Waals surface area contributed by atoms with Crippen LogP contribution in [0.25, 0.3) is 0 Å². The van der Waals surface area contributed by atoms with Gasteiger partial charge in [0.2, 0.25) is 23.6 Å². The second-order valence-electron chi connectivity index (χ2n) is 9.92. The van der Waals surface area contributed by atoms with E-state index in [0.717, 1.165) is 0 Å². The third kappa shape index (κ3) is 8.40. The average Bonchev–Trinajstić information content (AvgIpc) is 3.42. The zero-order valence-electron chi connectivity index (χ0n) is 22.8. The molecular formula is C26H36N8O7. The average molecular weight is 573 g/mol. The van der Waals surface area contributed by atoms with E-state index in [2.05, 4.69) is 20.9 Å². The van der Waals surface area contributed by atoms with Crippen molar-refractivity contribution in [2.45, 2.75) is 56.8 Å². The Morgan fingerprint density at radius 3 is 2.54 bits per heavy atom. The molecule has 2 aliphatic rings. The summed E-state index contributed by atoms with van der Waals surface area (Å²) < 4.78 is 0. The standard InChI is InChI=1S/C26H36N8O7/c1-33-18(7-3-9-29-26(27)28)23(39)31-14-20(35)32-17(12-21(36)37)22(38)30-13-15-5-2-6-16(11-15)24(40)34-10-4-8-19(34)25(33)41/h2,5-6,11,17-19H,3-4,7-10,12-14H2,1H3,(H,30,38)(H,31,39)(H,32,35)(H,36,37)(H4,27,28,29)/t17-,18-,19-/m0/s1. The van der Waals surface area contributed by atoms with Gasteiger partial charge in [-0.05, 0) is 43.4 Å². The van der Waals surface area contributed by atoms with E-state index in [1.165, 1.54) is 16.8 Å². The monoisotopic (exact) mass is 572 g/mol. The molecule has 1 saturated heterocycles. The number of nitrogens with one attached hydrogen (secondary N) is 3. The second-order valence-corrected chi connectivity index (χ2v) is 9.92. The minimum Gasteiger partial charge on any atom is -0.481 e. The molecule has 3 atom stereocenters. The molecule has 0 saturated carbocycles. The van der Waals surface area contributed by atoms with Gasteiger partial charge >= 0.3 is 5.97 Å². The second kappa shape index (κ2) is 14.1. The molecule has 15 heteroatoms. The molecule has 0 unspecified atom stereocenters. The molecule has 3 rings (SSSR count). The number of carbonyl (C=O) groups excluding carboxylic acids is 5. The highest BCUT2D eigenvalue weighted by atomic mass is 16.4. The fraction of sp³-hybridized carbons (Fsp3) is 0.500. The van der Waals surface area contributed by atoms with Crippen LogP contribution >= 0.6 is 0 Å². The fourth-order valence-electron chi connectivity index (χ4n) is 4.86. The number of fused-ring (bicyclic) bond motifs is 3. The van der Waals surface area contributed by atoms with E-state index in [9.17, 15) is 33.9 Å². The summed E-state index contributed by atoms with van der Waals surface area (Å²) in [6.07, 6.45) is 0.809. The number of rotatable bonds is 6. The fourth-order valence-corrected chi connectivity index (χ4v) is 4.86. The predicted molar refractivity (Wildman–Crippen MR) is 146 cm³/mol. The van der Waals surface area contributed by atoms with Gasteiger partial charge in [-0.15, -0.1) is 0 Å². The van der Waals surface area contributed by atoms with Crippen LogP contribution in [0.3, 0.4) is 0 Å². The number of likely N-dealkylation sites (N-methyl/N-ethyl adjacent to an activating group) is 1. The van der Waals surface area contributed by atoms with Gasteiger partial charge in [-0.3, -0.25) is 33.8 Å². The van der Waals surface area contributed by atoms with Gasteiger partial charge in [0.05, 0.1) is 13.0 Å². The van der Waals surface area contributed by atoms with Crippen molar-refractivity contribution in [2.75, 3.05) is 26.7 Å². The minimum atomic E-state index is -1.41. The van der Waals surface area contributed by atoms with Crippen molar-refractivity contribution in [3.05, 3.63) is 35.4 Å². The lowest BCUT2D eigenvalue weighted by atomic mass is 10.1. The highest BCUT2D eigenvalue weighted by Gasteiger charge is 2.39. The van der Waals surface area contributed by atoms with E-state index in [4.69, 9.17) is 11.5 Å². The smallest absolute Gasteiger partial charge is 0.305 e.